The van der Waals surface area contributed by atoms with Gasteiger partial charge in [0.05, 0.1) is 0 Å². The average molecular weight is 251 g/mol. The Bertz CT molecular complexity index is 411. The highest BCUT2D eigenvalue weighted by molar-refractivity contribution is 7.80. The van der Waals surface area contributed by atoms with Crippen molar-refractivity contribution in [2.75, 3.05) is 5.32 Å². The molecule has 1 aromatic heterocycles. The van der Waals surface area contributed by atoms with Gasteiger partial charge in [-0.2, -0.15) is 0 Å². The number of nitrogens with one attached hydrogen (secondary N) is 1. The zero-order valence-corrected chi connectivity index (χ0v) is 11.8. The number of pyridine rings is 1. The zero-order chi connectivity index (χ0) is 13.1. The van der Waals surface area contributed by atoms with Crippen molar-refractivity contribution in [1.29, 1.82) is 0 Å². The van der Waals surface area contributed by atoms with Gasteiger partial charge in [-0.3, -0.25) is 0 Å². The van der Waals surface area contributed by atoms with Crippen LogP contribution in [0.15, 0.2) is 12.1 Å². The first-order valence-corrected chi connectivity index (χ1v) is 6.37. The lowest BCUT2D eigenvalue weighted by Gasteiger charge is -2.29. The van der Waals surface area contributed by atoms with Crippen molar-refractivity contribution < 1.29 is 0 Å². The van der Waals surface area contributed by atoms with Crippen molar-refractivity contribution in [3.63, 3.8) is 0 Å². The third-order valence-corrected chi connectivity index (χ3v) is 3.46. The van der Waals surface area contributed by atoms with Gasteiger partial charge in [-0.25, -0.2) is 4.98 Å². The van der Waals surface area contributed by atoms with Crippen LogP contribution in [0.25, 0.3) is 0 Å². The Kier molecular flexibility index (Phi) is 4.46. The molecule has 0 bridgehead atoms. The maximum absolute atomic E-state index is 5.66. The van der Waals surface area contributed by atoms with Gasteiger partial charge in [-0.1, -0.05) is 26.1 Å². The highest BCUT2D eigenvalue weighted by Crippen LogP contribution is 2.21. The fourth-order valence-corrected chi connectivity index (χ4v) is 1.73. The number of nitrogens with two attached hydrogens (primary N) is 1. The minimum absolute atomic E-state index is 0.0638. The molecule has 0 aliphatic heterocycles. The second-order valence-corrected chi connectivity index (χ2v) is 5.08. The topological polar surface area (TPSA) is 50.9 Å². The van der Waals surface area contributed by atoms with Gasteiger partial charge >= 0.3 is 0 Å². The predicted octanol–water partition coefficient (Wildman–Crippen LogP) is 3.01. The second kappa shape index (κ2) is 5.45. The molecule has 0 amide bonds. The molecule has 0 atom stereocenters. The summed E-state index contributed by atoms with van der Waals surface area (Å²) in [5.74, 6) is 0.846. The second-order valence-electron chi connectivity index (χ2n) is 4.64. The highest BCUT2D eigenvalue weighted by atomic mass is 32.1. The van der Waals surface area contributed by atoms with E-state index in [0.717, 1.165) is 29.9 Å². The molecular formula is C13H21N3S. The summed E-state index contributed by atoms with van der Waals surface area (Å²) < 4.78 is 0. The van der Waals surface area contributed by atoms with Gasteiger partial charge in [0, 0.05) is 16.8 Å². The van der Waals surface area contributed by atoms with Gasteiger partial charge in [0.15, 0.2) is 0 Å². The average Bonchev–Trinajstić information content (AvgIpc) is 2.28. The number of anilines is 1. The summed E-state index contributed by atoms with van der Waals surface area (Å²) in [6.07, 6.45) is 2.09. The lowest BCUT2D eigenvalue weighted by Crippen LogP contribution is -2.33. The first kappa shape index (κ1) is 13.9. The van der Waals surface area contributed by atoms with E-state index in [1.807, 2.05) is 19.1 Å². The van der Waals surface area contributed by atoms with Crippen LogP contribution in [-0.2, 0) is 0 Å². The monoisotopic (exact) mass is 251 g/mol. The molecule has 0 aliphatic carbocycles. The largest absolute Gasteiger partial charge is 0.389 e. The van der Waals surface area contributed by atoms with Crippen molar-refractivity contribution in [2.24, 2.45) is 5.73 Å². The number of aryl methyl sites for hydroxylation is 1. The molecule has 1 aromatic rings. The molecule has 4 heteroatoms. The highest BCUT2D eigenvalue weighted by Gasteiger charge is 2.19. The smallest absolute Gasteiger partial charge is 0.127 e. The Morgan fingerprint density at radius 1 is 1.41 bits per heavy atom. The molecule has 0 saturated heterocycles. The number of aromatic nitrogens is 1. The fraction of sp³-hybridized carbons (Fsp3) is 0.538. The first-order chi connectivity index (χ1) is 7.90. The Balaban J connectivity index is 3.02. The van der Waals surface area contributed by atoms with E-state index in [1.165, 1.54) is 0 Å². The molecule has 0 radical (unpaired) electrons. The van der Waals surface area contributed by atoms with E-state index in [1.54, 1.807) is 0 Å². The number of rotatable bonds is 5. The van der Waals surface area contributed by atoms with Crippen LogP contribution in [0.4, 0.5) is 5.82 Å². The predicted molar refractivity (Wildman–Crippen MR) is 77.5 cm³/mol. The van der Waals surface area contributed by atoms with E-state index in [9.17, 15) is 0 Å². The van der Waals surface area contributed by atoms with Gasteiger partial charge in [-0.05, 0) is 38.8 Å². The summed E-state index contributed by atoms with van der Waals surface area (Å²) in [5.41, 5.74) is 7.51. The van der Waals surface area contributed by atoms with E-state index in [-0.39, 0.29) is 5.54 Å². The molecular weight excluding hydrogens is 230 g/mol. The molecule has 0 aromatic carbocycles. The van der Waals surface area contributed by atoms with Gasteiger partial charge < -0.3 is 11.1 Å². The van der Waals surface area contributed by atoms with Crippen molar-refractivity contribution in [2.45, 2.75) is 46.1 Å². The third-order valence-electron chi connectivity index (χ3n) is 3.23. The molecule has 0 saturated carbocycles. The van der Waals surface area contributed by atoms with Gasteiger partial charge in [0.1, 0.15) is 10.8 Å². The first-order valence-electron chi connectivity index (χ1n) is 5.97. The summed E-state index contributed by atoms with van der Waals surface area (Å²) in [5, 5.41) is 3.46. The third kappa shape index (κ3) is 3.66. The molecule has 1 rings (SSSR count). The van der Waals surface area contributed by atoms with Gasteiger partial charge in [-0.15, -0.1) is 0 Å². The number of thiocarbonyl (C=S) groups is 1. The molecule has 3 nitrogen and oxygen atoms in total. The summed E-state index contributed by atoms with van der Waals surface area (Å²) in [6.45, 7) is 8.47. The zero-order valence-electron chi connectivity index (χ0n) is 11.0. The fourth-order valence-electron chi connectivity index (χ4n) is 1.61. The summed E-state index contributed by atoms with van der Waals surface area (Å²) in [4.78, 5) is 4.88. The van der Waals surface area contributed by atoms with Gasteiger partial charge in [0.25, 0.3) is 0 Å². The normalized spacial score (nSPS) is 11.3. The van der Waals surface area contributed by atoms with E-state index in [2.05, 4.69) is 31.1 Å². The van der Waals surface area contributed by atoms with Crippen LogP contribution in [0.5, 0.6) is 0 Å². The van der Waals surface area contributed by atoms with E-state index in [4.69, 9.17) is 18.0 Å². The lowest BCUT2D eigenvalue weighted by atomic mass is 9.95. The standard InChI is InChI=1S/C13H21N3S/c1-5-13(4,6-2)16-11-8-10(12(14)17)7-9(3)15-11/h7-8H,5-6H2,1-4H3,(H2,14,17)(H,15,16). The van der Waals surface area contributed by atoms with Crippen LogP contribution < -0.4 is 11.1 Å². The lowest BCUT2D eigenvalue weighted by molar-refractivity contribution is 0.476. The molecule has 1 heterocycles. The molecule has 0 fully saturated rings. The Hall–Kier alpha value is -1.16. The van der Waals surface area contributed by atoms with Crippen molar-refractivity contribution in [3.05, 3.63) is 23.4 Å². The summed E-state index contributed by atoms with van der Waals surface area (Å²) >= 11 is 5.00. The number of hydrogen-bond donors (Lipinski definition) is 2. The van der Waals surface area contributed by atoms with Crippen LogP contribution in [0.3, 0.4) is 0 Å². The molecule has 0 unspecified atom stereocenters. The van der Waals surface area contributed by atoms with E-state index in [0.29, 0.717) is 4.99 Å². The van der Waals surface area contributed by atoms with Crippen LogP contribution >= 0.6 is 12.2 Å². The van der Waals surface area contributed by atoms with E-state index >= 15 is 0 Å². The Labute approximate surface area is 109 Å². The van der Waals surface area contributed by atoms with Gasteiger partial charge in [0.2, 0.25) is 0 Å². The van der Waals surface area contributed by atoms with Crippen molar-refractivity contribution in [1.82, 2.24) is 4.98 Å². The quantitative estimate of drug-likeness (QED) is 0.790. The summed E-state index contributed by atoms with van der Waals surface area (Å²) in [7, 11) is 0. The SMILES string of the molecule is CCC(C)(CC)Nc1cc(C(N)=S)cc(C)n1. The molecule has 17 heavy (non-hydrogen) atoms. The Morgan fingerprint density at radius 3 is 2.47 bits per heavy atom. The minimum Gasteiger partial charge on any atom is -0.389 e. The van der Waals surface area contributed by atoms with Crippen molar-refractivity contribution in [3.8, 4) is 0 Å². The summed E-state index contributed by atoms with van der Waals surface area (Å²) in [6, 6.07) is 3.82. The minimum atomic E-state index is 0.0638. The van der Waals surface area contributed by atoms with E-state index < -0.39 is 0 Å². The maximum Gasteiger partial charge on any atom is 0.127 e. The molecule has 0 aliphatic rings. The number of hydrogen-bond acceptors (Lipinski definition) is 3. The van der Waals surface area contributed by atoms with Crippen LogP contribution in [0.1, 0.15) is 44.9 Å². The molecule has 94 valence electrons. The van der Waals surface area contributed by atoms with Crippen molar-refractivity contribution >= 4 is 23.0 Å². The van der Waals surface area contributed by atoms with Crippen LogP contribution in [0.2, 0.25) is 0 Å². The molecule has 3 N–H and O–H groups in total. The Morgan fingerprint density at radius 2 is 2.00 bits per heavy atom. The van der Waals surface area contributed by atoms with Crippen LogP contribution in [0, 0.1) is 6.92 Å². The maximum atomic E-state index is 5.66. The number of nitrogens with zero attached hydrogens (tertiary/aromatic N) is 1. The molecule has 0 spiro atoms. The van der Waals surface area contributed by atoms with Crippen LogP contribution in [-0.4, -0.2) is 15.5 Å².